The summed E-state index contributed by atoms with van der Waals surface area (Å²) in [6.07, 6.45) is 0.269. The highest BCUT2D eigenvalue weighted by Crippen LogP contribution is 2.30. The van der Waals surface area contributed by atoms with Crippen LogP contribution in [0.4, 0.5) is 5.13 Å². The lowest BCUT2D eigenvalue weighted by Gasteiger charge is -2.12. The minimum absolute atomic E-state index is 0.0975. The first-order valence-electron chi connectivity index (χ1n) is 6.47. The van der Waals surface area contributed by atoms with Gasteiger partial charge in [0.05, 0.1) is 26.3 Å². The highest BCUT2D eigenvalue weighted by molar-refractivity contribution is 7.13. The van der Waals surface area contributed by atoms with Gasteiger partial charge in [-0.3, -0.25) is 4.79 Å². The molecule has 2 rings (SSSR count). The van der Waals surface area contributed by atoms with Crippen LogP contribution in [0.3, 0.4) is 0 Å². The van der Waals surface area contributed by atoms with Crippen LogP contribution < -0.4 is 14.8 Å². The van der Waals surface area contributed by atoms with E-state index in [9.17, 15) is 4.79 Å². The summed E-state index contributed by atoms with van der Waals surface area (Å²) >= 11 is 1.42. The number of carbonyl (C=O) groups excluding carboxylic acids is 1. The molecule has 1 N–H and O–H groups in total. The van der Waals surface area contributed by atoms with Crippen molar-refractivity contribution in [2.24, 2.45) is 0 Å². The molecule has 0 aliphatic rings. The van der Waals surface area contributed by atoms with Gasteiger partial charge in [0.15, 0.2) is 16.6 Å². The highest BCUT2D eigenvalue weighted by Gasteiger charge is 2.12. The Bertz CT molecular complexity index is 652. The maximum Gasteiger partial charge on any atom is 0.230 e. The number of hydrogen-bond donors (Lipinski definition) is 1. The van der Waals surface area contributed by atoms with Crippen molar-refractivity contribution in [1.29, 1.82) is 0 Å². The maximum atomic E-state index is 12.1. The lowest BCUT2D eigenvalue weighted by molar-refractivity contribution is -0.115. The van der Waals surface area contributed by atoms with Gasteiger partial charge in [-0.25, -0.2) is 4.98 Å². The second-order valence-corrected chi connectivity index (χ2v) is 5.51. The molecule has 0 atom stereocenters. The first-order chi connectivity index (χ1) is 10.0. The summed E-state index contributed by atoms with van der Waals surface area (Å²) in [6.45, 7) is 3.84. The average Bonchev–Trinajstić information content (AvgIpc) is 2.85. The molecule has 5 nitrogen and oxygen atoms in total. The molecule has 0 fully saturated rings. The fourth-order valence-corrected chi connectivity index (χ4v) is 2.67. The number of hydrogen-bond acceptors (Lipinski definition) is 5. The Morgan fingerprint density at radius 1 is 1.24 bits per heavy atom. The SMILES string of the molecule is COc1cc(C)c(CC(=O)Nc2nc(C)cs2)cc1OC. The summed E-state index contributed by atoms with van der Waals surface area (Å²) in [5, 5.41) is 5.32. The van der Waals surface area contributed by atoms with Gasteiger partial charge in [-0.2, -0.15) is 0 Å². The van der Waals surface area contributed by atoms with Gasteiger partial charge in [0.2, 0.25) is 5.91 Å². The van der Waals surface area contributed by atoms with E-state index in [1.807, 2.05) is 31.4 Å². The molecule has 112 valence electrons. The number of methoxy groups -OCH3 is 2. The van der Waals surface area contributed by atoms with Crippen molar-refractivity contribution >= 4 is 22.4 Å². The van der Waals surface area contributed by atoms with Gasteiger partial charge in [-0.15, -0.1) is 11.3 Å². The number of nitrogens with one attached hydrogen (secondary N) is 1. The Hall–Kier alpha value is -2.08. The van der Waals surface area contributed by atoms with E-state index >= 15 is 0 Å². The molecule has 1 aromatic carbocycles. The number of aromatic nitrogens is 1. The number of thiazole rings is 1. The summed E-state index contributed by atoms with van der Waals surface area (Å²) in [7, 11) is 3.17. The fraction of sp³-hybridized carbons (Fsp3) is 0.333. The first-order valence-corrected chi connectivity index (χ1v) is 7.35. The van der Waals surface area contributed by atoms with Crippen LogP contribution in [-0.4, -0.2) is 25.1 Å². The molecular formula is C15H18N2O3S. The van der Waals surface area contributed by atoms with Crippen molar-refractivity contribution in [3.63, 3.8) is 0 Å². The molecule has 1 aromatic heterocycles. The van der Waals surface area contributed by atoms with Crippen LogP contribution in [0.5, 0.6) is 11.5 Å². The number of benzene rings is 1. The van der Waals surface area contributed by atoms with E-state index in [1.54, 1.807) is 14.2 Å². The number of amides is 1. The largest absolute Gasteiger partial charge is 0.493 e. The van der Waals surface area contributed by atoms with E-state index in [0.717, 1.165) is 16.8 Å². The first kappa shape index (κ1) is 15.3. The molecular weight excluding hydrogens is 288 g/mol. The third kappa shape index (κ3) is 3.72. The molecule has 1 amide bonds. The molecule has 0 bridgehead atoms. The standard InChI is InChI=1S/C15H18N2O3S/c1-9-5-12(19-3)13(20-4)6-11(9)7-14(18)17-15-16-10(2)8-21-15/h5-6,8H,7H2,1-4H3,(H,16,17,18). The molecule has 0 unspecified atom stereocenters. The van der Waals surface area contributed by atoms with Crippen LogP contribution in [0, 0.1) is 13.8 Å². The van der Waals surface area contributed by atoms with Crippen LogP contribution in [0.2, 0.25) is 0 Å². The Morgan fingerprint density at radius 2 is 1.90 bits per heavy atom. The van der Waals surface area contributed by atoms with Crippen molar-refractivity contribution in [2.75, 3.05) is 19.5 Å². The van der Waals surface area contributed by atoms with E-state index in [0.29, 0.717) is 16.6 Å². The quantitative estimate of drug-likeness (QED) is 0.922. The number of nitrogens with zero attached hydrogens (tertiary/aromatic N) is 1. The number of aryl methyl sites for hydroxylation is 2. The predicted molar refractivity (Wildman–Crippen MR) is 83.5 cm³/mol. The van der Waals surface area contributed by atoms with Crippen molar-refractivity contribution < 1.29 is 14.3 Å². The van der Waals surface area contributed by atoms with Crippen LogP contribution in [0.25, 0.3) is 0 Å². The number of carbonyl (C=O) groups is 1. The lowest BCUT2D eigenvalue weighted by atomic mass is 10.0. The van der Waals surface area contributed by atoms with Gasteiger partial charge in [0, 0.05) is 5.38 Å². The van der Waals surface area contributed by atoms with Gasteiger partial charge in [0.25, 0.3) is 0 Å². The third-order valence-corrected chi connectivity index (χ3v) is 3.93. The summed E-state index contributed by atoms with van der Waals surface area (Å²) in [6, 6.07) is 3.70. The van der Waals surface area contributed by atoms with Crippen molar-refractivity contribution in [1.82, 2.24) is 4.98 Å². The Kier molecular flexibility index (Phi) is 4.80. The molecule has 0 aliphatic heterocycles. The predicted octanol–water partition coefficient (Wildman–Crippen LogP) is 2.96. The van der Waals surface area contributed by atoms with E-state index in [4.69, 9.17) is 9.47 Å². The highest BCUT2D eigenvalue weighted by atomic mass is 32.1. The number of rotatable bonds is 5. The fourth-order valence-electron chi connectivity index (χ4n) is 1.96. The smallest absolute Gasteiger partial charge is 0.230 e. The average molecular weight is 306 g/mol. The Labute approximate surface area is 127 Å². The van der Waals surface area contributed by atoms with Crippen LogP contribution in [0.1, 0.15) is 16.8 Å². The second kappa shape index (κ2) is 6.58. The summed E-state index contributed by atoms with van der Waals surface area (Å²) in [4.78, 5) is 16.3. The second-order valence-electron chi connectivity index (χ2n) is 4.65. The van der Waals surface area contributed by atoms with Gasteiger partial charge in [-0.1, -0.05) is 0 Å². The molecule has 0 saturated carbocycles. The van der Waals surface area contributed by atoms with Crippen molar-refractivity contribution in [3.8, 4) is 11.5 Å². The van der Waals surface area contributed by atoms with Crippen molar-refractivity contribution in [3.05, 3.63) is 34.3 Å². The summed E-state index contributed by atoms with van der Waals surface area (Å²) in [5.74, 6) is 1.19. The Balaban J connectivity index is 2.13. The zero-order chi connectivity index (χ0) is 15.4. The molecule has 21 heavy (non-hydrogen) atoms. The Morgan fingerprint density at radius 3 is 2.48 bits per heavy atom. The molecule has 0 radical (unpaired) electrons. The van der Waals surface area contributed by atoms with Gasteiger partial charge >= 0.3 is 0 Å². The van der Waals surface area contributed by atoms with Crippen LogP contribution >= 0.6 is 11.3 Å². The number of anilines is 1. The van der Waals surface area contributed by atoms with E-state index in [1.165, 1.54) is 11.3 Å². The third-order valence-electron chi connectivity index (χ3n) is 3.06. The topological polar surface area (TPSA) is 60.5 Å². The van der Waals surface area contributed by atoms with Gasteiger partial charge in [-0.05, 0) is 37.1 Å². The summed E-state index contributed by atoms with van der Waals surface area (Å²) < 4.78 is 10.5. The molecule has 2 aromatic rings. The minimum Gasteiger partial charge on any atom is -0.493 e. The zero-order valence-electron chi connectivity index (χ0n) is 12.5. The van der Waals surface area contributed by atoms with Gasteiger partial charge < -0.3 is 14.8 Å². The van der Waals surface area contributed by atoms with Gasteiger partial charge in [0.1, 0.15) is 0 Å². The maximum absolute atomic E-state index is 12.1. The minimum atomic E-state index is -0.0975. The molecule has 0 aliphatic carbocycles. The van der Waals surface area contributed by atoms with E-state index < -0.39 is 0 Å². The molecule has 0 saturated heterocycles. The normalized spacial score (nSPS) is 10.3. The molecule has 6 heteroatoms. The van der Waals surface area contributed by atoms with Crippen LogP contribution in [0.15, 0.2) is 17.5 Å². The van der Waals surface area contributed by atoms with Crippen molar-refractivity contribution in [2.45, 2.75) is 20.3 Å². The van der Waals surface area contributed by atoms with E-state index in [-0.39, 0.29) is 12.3 Å². The summed E-state index contributed by atoms with van der Waals surface area (Å²) in [5.41, 5.74) is 2.79. The zero-order valence-corrected chi connectivity index (χ0v) is 13.3. The molecule has 1 heterocycles. The monoisotopic (exact) mass is 306 g/mol. The van der Waals surface area contributed by atoms with Crippen LogP contribution in [-0.2, 0) is 11.2 Å². The van der Waals surface area contributed by atoms with E-state index in [2.05, 4.69) is 10.3 Å². The number of ether oxygens (including phenoxy) is 2. The lowest BCUT2D eigenvalue weighted by Crippen LogP contribution is -2.15. The molecule has 0 spiro atoms.